The molecule has 1 heterocycles. The molecular formula is C7H6N2NaO3S2+. The van der Waals surface area contributed by atoms with E-state index < -0.39 is 10.1 Å². The molecule has 15 heavy (non-hydrogen) atoms. The summed E-state index contributed by atoms with van der Waals surface area (Å²) in [6.07, 6.45) is 0. The summed E-state index contributed by atoms with van der Waals surface area (Å²) in [5.41, 5.74) is 1.24. The molecule has 8 heteroatoms. The van der Waals surface area contributed by atoms with Crippen LogP contribution in [0.25, 0.3) is 11.0 Å². The number of hydrogen-bond donors (Lipinski definition) is 3. The minimum absolute atomic E-state index is 0. The van der Waals surface area contributed by atoms with Gasteiger partial charge >= 0.3 is 29.6 Å². The van der Waals surface area contributed by atoms with Crippen LogP contribution in [0.5, 0.6) is 0 Å². The molecular weight excluding hydrogens is 247 g/mol. The van der Waals surface area contributed by atoms with Gasteiger partial charge in [0.05, 0.1) is 15.9 Å². The zero-order valence-electron chi connectivity index (χ0n) is 7.81. The van der Waals surface area contributed by atoms with Crippen molar-refractivity contribution in [3.63, 3.8) is 0 Å². The fourth-order valence-corrected chi connectivity index (χ4v) is 1.90. The Kier molecular flexibility index (Phi) is 3.75. The SMILES string of the molecule is O=S(=O)(O)c1ccc2[nH]c(=S)[nH]c2c1.[Na+]. The number of aromatic amines is 2. The van der Waals surface area contributed by atoms with Gasteiger partial charge in [0.2, 0.25) is 0 Å². The van der Waals surface area contributed by atoms with Crippen LogP contribution in [0.1, 0.15) is 0 Å². The van der Waals surface area contributed by atoms with Crippen LogP contribution in [-0.2, 0) is 10.1 Å². The van der Waals surface area contributed by atoms with Crippen molar-refractivity contribution in [2.75, 3.05) is 0 Å². The predicted molar refractivity (Wildman–Crippen MR) is 53.3 cm³/mol. The van der Waals surface area contributed by atoms with Gasteiger partial charge in [0.15, 0.2) is 4.77 Å². The van der Waals surface area contributed by atoms with Crippen molar-refractivity contribution in [2.24, 2.45) is 0 Å². The first-order chi connectivity index (χ1) is 6.47. The summed E-state index contributed by atoms with van der Waals surface area (Å²) in [7, 11) is -4.15. The molecule has 0 bridgehead atoms. The smallest absolute Gasteiger partial charge is 0.331 e. The minimum atomic E-state index is -4.15. The summed E-state index contributed by atoms with van der Waals surface area (Å²) in [6, 6.07) is 4.15. The van der Waals surface area contributed by atoms with Crippen molar-refractivity contribution in [3.8, 4) is 0 Å². The fraction of sp³-hybridized carbons (Fsp3) is 0. The Morgan fingerprint density at radius 2 is 1.80 bits per heavy atom. The Bertz CT molecular complexity index is 644. The van der Waals surface area contributed by atoms with Gasteiger partial charge in [-0.15, -0.1) is 0 Å². The van der Waals surface area contributed by atoms with E-state index in [0.29, 0.717) is 15.8 Å². The maximum Gasteiger partial charge on any atom is 1.00 e. The molecule has 0 spiro atoms. The largest absolute Gasteiger partial charge is 1.00 e. The van der Waals surface area contributed by atoms with Gasteiger partial charge in [-0.1, -0.05) is 0 Å². The molecule has 74 valence electrons. The number of nitrogens with one attached hydrogen (secondary N) is 2. The van der Waals surface area contributed by atoms with Gasteiger partial charge < -0.3 is 9.97 Å². The first-order valence-electron chi connectivity index (χ1n) is 3.66. The summed E-state index contributed by atoms with van der Waals surface area (Å²) in [5, 5.41) is 0. The molecule has 0 radical (unpaired) electrons. The van der Waals surface area contributed by atoms with Gasteiger partial charge in [-0.3, -0.25) is 4.55 Å². The second-order valence-electron chi connectivity index (χ2n) is 2.76. The number of rotatable bonds is 1. The van der Waals surface area contributed by atoms with E-state index in [4.69, 9.17) is 16.8 Å². The van der Waals surface area contributed by atoms with Crippen molar-refractivity contribution in [1.82, 2.24) is 9.97 Å². The maximum atomic E-state index is 10.8. The Labute approximate surface area is 113 Å². The van der Waals surface area contributed by atoms with E-state index in [-0.39, 0.29) is 34.5 Å². The van der Waals surface area contributed by atoms with Crippen LogP contribution < -0.4 is 29.6 Å². The quantitative estimate of drug-likeness (QED) is 0.327. The van der Waals surface area contributed by atoms with Crippen molar-refractivity contribution < 1.29 is 42.5 Å². The second kappa shape index (κ2) is 4.36. The van der Waals surface area contributed by atoms with Crippen LogP contribution in [0, 0.1) is 4.77 Å². The second-order valence-corrected chi connectivity index (χ2v) is 4.59. The topological polar surface area (TPSA) is 85.9 Å². The number of imidazole rings is 1. The van der Waals surface area contributed by atoms with E-state index in [1.165, 1.54) is 18.2 Å². The summed E-state index contributed by atoms with van der Waals surface area (Å²) >= 11 is 4.83. The third kappa shape index (κ3) is 2.68. The standard InChI is InChI=1S/C7H6N2O3S2.Na/c10-14(11,12)4-1-2-5-6(3-4)9-7(13)8-5;/h1-3H,(H2,8,9,13)(H,10,11,12);/q;+1. The monoisotopic (exact) mass is 253 g/mol. The molecule has 1 aromatic heterocycles. The van der Waals surface area contributed by atoms with Gasteiger partial charge in [0, 0.05) is 0 Å². The Balaban J connectivity index is 0.00000112. The number of aromatic nitrogens is 2. The average Bonchev–Trinajstić information content (AvgIpc) is 2.41. The molecule has 3 N–H and O–H groups in total. The number of hydrogen-bond acceptors (Lipinski definition) is 3. The molecule has 0 saturated carbocycles. The summed E-state index contributed by atoms with van der Waals surface area (Å²) in [5.74, 6) is 0. The van der Waals surface area contributed by atoms with E-state index in [2.05, 4.69) is 9.97 Å². The van der Waals surface area contributed by atoms with E-state index >= 15 is 0 Å². The maximum absolute atomic E-state index is 10.8. The molecule has 0 aliphatic carbocycles. The van der Waals surface area contributed by atoms with Crippen molar-refractivity contribution in [3.05, 3.63) is 23.0 Å². The van der Waals surface area contributed by atoms with Crippen LogP contribution in [0.2, 0.25) is 0 Å². The average molecular weight is 253 g/mol. The van der Waals surface area contributed by atoms with Gasteiger partial charge in [-0.25, -0.2) is 0 Å². The normalized spacial score (nSPS) is 11.3. The first-order valence-corrected chi connectivity index (χ1v) is 5.51. The van der Waals surface area contributed by atoms with Crippen LogP contribution >= 0.6 is 12.2 Å². The molecule has 1 aromatic carbocycles. The molecule has 0 aliphatic rings. The number of benzene rings is 1. The zero-order chi connectivity index (χ0) is 10.3. The van der Waals surface area contributed by atoms with Gasteiger partial charge in [-0.05, 0) is 30.4 Å². The molecule has 0 fully saturated rings. The number of H-pyrrole nitrogens is 2. The molecule has 5 nitrogen and oxygen atoms in total. The van der Waals surface area contributed by atoms with E-state index in [1.807, 2.05) is 0 Å². The van der Waals surface area contributed by atoms with E-state index in [0.717, 1.165) is 0 Å². The molecule has 0 atom stereocenters. The van der Waals surface area contributed by atoms with Crippen molar-refractivity contribution in [2.45, 2.75) is 4.90 Å². The fourth-order valence-electron chi connectivity index (χ4n) is 1.17. The summed E-state index contributed by atoms with van der Waals surface area (Å²) in [4.78, 5) is 5.42. The van der Waals surface area contributed by atoms with Crippen LogP contribution in [-0.4, -0.2) is 22.9 Å². The Morgan fingerprint density at radius 1 is 1.20 bits per heavy atom. The molecule has 2 aromatic rings. The van der Waals surface area contributed by atoms with Crippen molar-refractivity contribution in [1.29, 1.82) is 0 Å². The van der Waals surface area contributed by atoms with Gasteiger partial charge in [0.25, 0.3) is 10.1 Å². The predicted octanol–water partition coefficient (Wildman–Crippen LogP) is -1.52. The van der Waals surface area contributed by atoms with Crippen molar-refractivity contribution >= 4 is 33.4 Å². The third-order valence-electron chi connectivity index (χ3n) is 1.79. The van der Waals surface area contributed by atoms with E-state index in [9.17, 15) is 8.42 Å². The number of fused-ring (bicyclic) bond motifs is 1. The first kappa shape index (κ1) is 12.9. The third-order valence-corrected chi connectivity index (χ3v) is 2.84. The van der Waals surface area contributed by atoms with Gasteiger partial charge in [0.1, 0.15) is 0 Å². The van der Waals surface area contributed by atoms with E-state index in [1.54, 1.807) is 0 Å². The Morgan fingerprint density at radius 3 is 2.40 bits per heavy atom. The molecule has 0 saturated heterocycles. The Hall–Kier alpha value is -0.180. The molecule has 2 rings (SSSR count). The van der Waals surface area contributed by atoms with Gasteiger partial charge in [-0.2, -0.15) is 8.42 Å². The van der Waals surface area contributed by atoms with Crippen LogP contribution in [0.4, 0.5) is 0 Å². The summed E-state index contributed by atoms with van der Waals surface area (Å²) in [6.45, 7) is 0. The molecule has 0 unspecified atom stereocenters. The molecule has 0 amide bonds. The minimum Gasteiger partial charge on any atom is -0.331 e. The zero-order valence-corrected chi connectivity index (χ0v) is 11.4. The van der Waals surface area contributed by atoms with Crippen LogP contribution in [0.3, 0.4) is 0 Å². The summed E-state index contributed by atoms with van der Waals surface area (Å²) < 4.78 is 30.8. The molecule has 0 aliphatic heterocycles. The van der Waals surface area contributed by atoms with Crippen LogP contribution in [0.15, 0.2) is 23.1 Å².